The number of ether oxygens (including phenoxy) is 1. The number of alkyl carbamates (subject to hydrolysis) is 1. The fraction of sp³-hybridized carbons (Fsp3) is 0.464. The standard InChI is InChI=1S/C28H34N2O5/c1-28(2,15-25(31)29-16-18-9-3-4-10-19(18)26(32)33)30-27(34)35-17-24-22-13-7-5-11-20(22)21-12-6-8-14-23(21)24/h5-8,11-14,18-19,24H,3-4,9-10,15-17H2,1-2H3,(H,29,31)(H,30,34)(H,32,33)/t18-,19-/m1/s1. The second kappa shape index (κ2) is 10.5. The van der Waals surface area contributed by atoms with Gasteiger partial charge in [0.25, 0.3) is 0 Å². The maximum absolute atomic E-state index is 12.6. The summed E-state index contributed by atoms with van der Waals surface area (Å²) in [4.78, 5) is 36.6. The van der Waals surface area contributed by atoms with E-state index in [2.05, 4.69) is 34.9 Å². The molecule has 0 bridgehead atoms. The van der Waals surface area contributed by atoms with Crippen LogP contribution in [-0.4, -0.2) is 41.8 Å². The monoisotopic (exact) mass is 478 g/mol. The number of fused-ring (bicyclic) bond motifs is 3. The Balaban J connectivity index is 1.28. The van der Waals surface area contributed by atoms with Crippen molar-refractivity contribution < 1.29 is 24.2 Å². The van der Waals surface area contributed by atoms with Gasteiger partial charge >= 0.3 is 12.1 Å². The number of carboxylic acids is 1. The fourth-order valence-electron chi connectivity index (χ4n) is 5.44. The molecule has 0 aliphatic heterocycles. The molecule has 2 atom stereocenters. The molecule has 4 rings (SSSR count). The molecular formula is C28H34N2O5. The SMILES string of the molecule is CC(C)(CC(=O)NC[C@H]1CCCC[C@H]1C(=O)O)NC(=O)OCC1c2ccccc2-c2ccccc21. The number of hydrogen-bond donors (Lipinski definition) is 3. The third kappa shape index (κ3) is 5.84. The summed E-state index contributed by atoms with van der Waals surface area (Å²) < 4.78 is 5.61. The number of benzene rings is 2. The Morgan fingerprint density at radius 2 is 1.57 bits per heavy atom. The van der Waals surface area contributed by atoms with Gasteiger partial charge in [-0.3, -0.25) is 9.59 Å². The van der Waals surface area contributed by atoms with E-state index in [1.165, 1.54) is 0 Å². The second-order valence-corrected chi connectivity index (χ2v) is 10.3. The van der Waals surface area contributed by atoms with Crippen LogP contribution >= 0.6 is 0 Å². The van der Waals surface area contributed by atoms with E-state index in [0.29, 0.717) is 13.0 Å². The van der Waals surface area contributed by atoms with Crippen molar-refractivity contribution in [2.75, 3.05) is 13.2 Å². The van der Waals surface area contributed by atoms with Crippen LogP contribution in [0.5, 0.6) is 0 Å². The van der Waals surface area contributed by atoms with Crippen molar-refractivity contribution in [3.05, 3.63) is 59.7 Å². The van der Waals surface area contributed by atoms with Gasteiger partial charge in [0.15, 0.2) is 0 Å². The number of aliphatic carboxylic acids is 1. The Hall–Kier alpha value is -3.35. The van der Waals surface area contributed by atoms with Crippen molar-refractivity contribution in [3.63, 3.8) is 0 Å². The minimum absolute atomic E-state index is 0.0303. The van der Waals surface area contributed by atoms with E-state index in [1.54, 1.807) is 13.8 Å². The average Bonchev–Trinajstić information content (AvgIpc) is 3.14. The predicted molar refractivity (Wildman–Crippen MR) is 133 cm³/mol. The summed E-state index contributed by atoms with van der Waals surface area (Å²) in [5.74, 6) is -1.50. The molecule has 1 saturated carbocycles. The van der Waals surface area contributed by atoms with Gasteiger partial charge < -0.3 is 20.5 Å². The van der Waals surface area contributed by atoms with Crippen LogP contribution < -0.4 is 10.6 Å². The number of rotatable bonds is 8. The molecule has 0 heterocycles. The van der Waals surface area contributed by atoms with Crippen LogP contribution in [0.1, 0.15) is 63.0 Å². The number of carbonyl (C=O) groups is 3. The smallest absolute Gasteiger partial charge is 0.407 e. The Labute approximate surface area is 206 Å². The number of carbonyl (C=O) groups excluding carboxylic acids is 2. The minimum Gasteiger partial charge on any atom is -0.481 e. The van der Waals surface area contributed by atoms with Crippen molar-refractivity contribution in [2.24, 2.45) is 11.8 Å². The third-order valence-electron chi connectivity index (χ3n) is 7.17. The van der Waals surface area contributed by atoms with E-state index in [1.807, 2.05) is 24.3 Å². The van der Waals surface area contributed by atoms with Crippen molar-refractivity contribution in [1.29, 1.82) is 0 Å². The van der Waals surface area contributed by atoms with Gasteiger partial charge in [0.05, 0.1) is 5.92 Å². The first-order valence-corrected chi connectivity index (χ1v) is 12.4. The van der Waals surface area contributed by atoms with Crippen LogP contribution in [0.3, 0.4) is 0 Å². The highest BCUT2D eigenvalue weighted by atomic mass is 16.5. The van der Waals surface area contributed by atoms with Crippen molar-refractivity contribution in [2.45, 2.75) is 57.4 Å². The molecule has 2 aliphatic rings. The fourth-order valence-corrected chi connectivity index (χ4v) is 5.44. The van der Waals surface area contributed by atoms with Crippen LogP contribution in [0.4, 0.5) is 4.79 Å². The van der Waals surface area contributed by atoms with Gasteiger partial charge in [0.1, 0.15) is 6.61 Å². The van der Waals surface area contributed by atoms with Gasteiger partial charge in [-0.05, 0) is 54.9 Å². The molecule has 0 saturated heterocycles. The van der Waals surface area contributed by atoms with Crippen LogP contribution in [0.25, 0.3) is 11.1 Å². The Morgan fingerprint density at radius 1 is 0.971 bits per heavy atom. The molecule has 0 aromatic heterocycles. The van der Waals surface area contributed by atoms with Gasteiger partial charge in [-0.2, -0.15) is 0 Å². The second-order valence-electron chi connectivity index (χ2n) is 10.3. The third-order valence-corrected chi connectivity index (χ3v) is 7.17. The van der Waals surface area contributed by atoms with E-state index < -0.39 is 23.5 Å². The van der Waals surface area contributed by atoms with E-state index >= 15 is 0 Å². The number of carboxylic acid groups (broad SMARTS) is 1. The van der Waals surface area contributed by atoms with Gasteiger partial charge in [-0.25, -0.2) is 4.79 Å². The highest BCUT2D eigenvalue weighted by molar-refractivity contribution is 5.80. The minimum atomic E-state index is -0.814. The summed E-state index contributed by atoms with van der Waals surface area (Å²) in [5.41, 5.74) is 3.80. The average molecular weight is 479 g/mol. The topological polar surface area (TPSA) is 105 Å². The molecule has 1 fully saturated rings. The Kier molecular flexibility index (Phi) is 7.43. The molecule has 2 aliphatic carbocycles. The molecule has 186 valence electrons. The number of nitrogens with one attached hydrogen (secondary N) is 2. The lowest BCUT2D eigenvalue weighted by atomic mass is 9.79. The van der Waals surface area contributed by atoms with E-state index in [0.717, 1.165) is 41.5 Å². The van der Waals surface area contributed by atoms with Gasteiger partial charge in [0.2, 0.25) is 5.91 Å². The quantitative estimate of drug-likeness (QED) is 0.510. The van der Waals surface area contributed by atoms with Crippen LogP contribution in [0, 0.1) is 11.8 Å². The van der Waals surface area contributed by atoms with Crippen LogP contribution in [0.2, 0.25) is 0 Å². The largest absolute Gasteiger partial charge is 0.481 e. The zero-order valence-corrected chi connectivity index (χ0v) is 20.4. The molecule has 0 radical (unpaired) electrons. The summed E-state index contributed by atoms with van der Waals surface area (Å²) in [6, 6.07) is 16.3. The summed E-state index contributed by atoms with van der Waals surface area (Å²) in [7, 11) is 0. The first kappa shape index (κ1) is 24.8. The molecule has 2 aromatic rings. The zero-order valence-electron chi connectivity index (χ0n) is 20.4. The Bertz CT molecular complexity index is 1050. The maximum Gasteiger partial charge on any atom is 0.407 e. The van der Waals surface area contributed by atoms with Gasteiger partial charge in [-0.1, -0.05) is 61.4 Å². The van der Waals surface area contributed by atoms with E-state index in [9.17, 15) is 19.5 Å². The Morgan fingerprint density at radius 3 is 2.20 bits per heavy atom. The molecule has 3 N–H and O–H groups in total. The number of amides is 2. The highest BCUT2D eigenvalue weighted by Gasteiger charge is 2.33. The number of hydrogen-bond acceptors (Lipinski definition) is 4. The lowest BCUT2D eigenvalue weighted by Gasteiger charge is -2.30. The lowest BCUT2D eigenvalue weighted by Crippen LogP contribution is -2.48. The lowest BCUT2D eigenvalue weighted by molar-refractivity contribution is -0.145. The zero-order chi connectivity index (χ0) is 25.0. The van der Waals surface area contributed by atoms with E-state index in [-0.39, 0.29) is 30.8 Å². The first-order valence-electron chi connectivity index (χ1n) is 12.4. The van der Waals surface area contributed by atoms with Gasteiger partial charge in [-0.15, -0.1) is 0 Å². The highest BCUT2D eigenvalue weighted by Crippen LogP contribution is 2.44. The first-order chi connectivity index (χ1) is 16.7. The van der Waals surface area contributed by atoms with Crippen LogP contribution in [-0.2, 0) is 14.3 Å². The molecule has 0 unspecified atom stereocenters. The molecule has 35 heavy (non-hydrogen) atoms. The summed E-state index contributed by atoms with van der Waals surface area (Å²) in [5, 5.41) is 15.1. The van der Waals surface area contributed by atoms with Crippen molar-refractivity contribution in [1.82, 2.24) is 10.6 Å². The summed E-state index contributed by atoms with van der Waals surface area (Å²) in [6.07, 6.45) is 2.87. The molecule has 7 nitrogen and oxygen atoms in total. The molecule has 2 amide bonds. The normalized spacial score (nSPS) is 19.4. The molecule has 7 heteroatoms. The molecular weight excluding hydrogens is 444 g/mol. The molecule has 0 spiro atoms. The van der Waals surface area contributed by atoms with Crippen LogP contribution in [0.15, 0.2) is 48.5 Å². The molecule has 2 aromatic carbocycles. The van der Waals surface area contributed by atoms with Gasteiger partial charge in [0, 0.05) is 24.4 Å². The summed E-state index contributed by atoms with van der Waals surface area (Å²) in [6.45, 7) is 4.10. The van der Waals surface area contributed by atoms with E-state index in [4.69, 9.17) is 4.74 Å². The predicted octanol–water partition coefficient (Wildman–Crippen LogP) is 4.70. The van der Waals surface area contributed by atoms with Crippen molar-refractivity contribution >= 4 is 18.0 Å². The summed E-state index contributed by atoms with van der Waals surface area (Å²) >= 11 is 0. The van der Waals surface area contributed by atoms with Crippen molar-refractivity contribution in [3.8, 4) is 11.1 Å². The maximum atomic E-state index is 12.6.